The monoisotopic (exact) mass is 265 g/mol. The van der Waals surface area contributed by atoms with Gasteiger partial charge in [0, 0.05) is 18.3 Å². The van der Waals surface area contributed by atoms with Gasteiger partial charge in [0.1, 0.15) is 5.82 Å². The van der Waals surface area contributed by atoms with Gasteiger partial charge in [-0.15, -0.1) is 0 Å². The number of aromatic nitrogens is 2. The molecule has 1 heterocycles. The molecule has 0 saturated heterocycles. The van der Waals surface area contributed by atoms with Crippen molar-refractivity contribution in [1.82, 2.24) is 9.55 Å². The van der Waals surface area contributed by atoms with Crippen LogP contribution in [-0.4, -0.2) is 15.3 Å². The van der Waals surface area contributed by atoms with Crippen LogP contribution < -0.4 is 5.73 Å². The molecule has 1 aromatic heterocycles. The van der Waals surface area contributed by atoms with Crippen LogP contribution in [0.3, 0.4) is 0 Å². The van der Waals surface area contributed by atoms with E-state index in [4.69, 9.17) is 5.73 Å². The van der Waals surface area contributed by atoms with Crippen molar-refractivity contribution < 1.29 is 4.79 Å². The Kier molecular flexibility index (Phi) is 2.99. The molecule has 0 amide bonds. The first kappa shape index (κ1) is 12.4. The number of nitrogen functional groups attached to an aromatic ring is 1. The molecule has 0 atom stereocenters. The Balaban J connectivity index is 1.93. The lowest BCUT2D eigenvalue weighted by Crippen LogP contribution is -2.08. The number of para-hydroxylation sites is 2. The molecule has 0 fully saturated rings. The molecule has 4 heteroatoms. The highest BCUT2D eigenvalue weighted by Gasteiger charge is 2.13. The van der Waals surface area contributed by atoms with E-state index in [9.17, 15) is 4.79 Å². The number of fused-ring (bicyclic) bond motifs is 1. The molecule has 0 aliphatic rings. The number of nitrogens with two attached hydrogens (primary N) is 1. The van der Waals surface area contributed by atoms with E-state index in [0.717, 1.165) is 16.9 Å². The molecule has 0 saturated carbocycles. The number of aryl methyl sites for hydroxylation is 1. The molecule has 0 radical (unpaired) electrons. The molecule has 20 heavy (non-hydrogen) atoms. The van der Waals surface area contributed by atoms with E-state index in [1.165, 1.54) is 0 Å². The fourth-order valence-electron chi connectivity index (χ4n) is 2.31. The molecule has 2 N–H and O–H groups in total. The molecule has 0 aliphatic carbocycles. The first-order valence-electron chi connectivity index (χ1n) is 6.44. The molecule has 0 aliphatic heterocycles. The second-order valence-corrected chi connectivity index (χ2v) is 4.80. The number of ketones is 1. The van der Waals surface area contributed by atoms with Crippen LogP contribution >= 0.6 is 0 Å². The summed E-state index contributed by atoms with van der Waals surface area (Å²) in [4.78, 5) is 16.8. The number of imidazole rings is 1. The SMILES string of the molecule is Cn1c(CC(=O)c2cccc(N)c2)nc2ccccc21. The van der Waals surface area contributed by atoms with Crippen LogP contribution in [-0.2, 0) is 13.5 Å². The second kappa shape index (κ2) is 4.81. The summed E-state index contributed by atoms with van der Waals surface area (Å²) < 4.78 is 1.96. The molecule has 0 spiro atoms. The summed E-state index contributed by atoms with van der Waals surface area (Å²) in [6.07, 6.45) is 0.272. The highest BCUT2D eigenvalue weighted by atomic mass is 16.1. The number of nitrogens with zero attached hydrogens (tertiary/aromatic N) is 2. The van der Waals surface area contributed by atoms with Crippen molar-refractivity contribution >= 4 is 22.5 Å². The quantitative estimate of drug-likeness (QED) is 0.585. The Hall–Kier alpha value is -2.62. The second-order valence-electron chi connectivity index (χ2n) is 4.80. The van der Waals surface area contributed by atoms with Crippen molar-refractivity contribution in [3.05, 3.63) is 59.9 Å². The molecule has 100 valence electrons. The van der Waals surface area contributed by atoms with Crippen molar-refractivity contribution in [2.45, 2.75) is 6.42 Å². The van der Waals surface area contributed by atoms with E-state index in [1.54, 1.807) is 24.3 Å². The summed E-state index contributed by atoms with van der Waals surface area (Å²) >= 11 is 0. The van der Waals surface area contributed by atoms with Crippen LogP contribution in [0.15, 0.2) is 48.5 Å². The van der Waals surface area contributed by atoms with Gasteiger partial charge < -0.3 is 10.3 Å². The van der Waals surface area contributed by atoms with E-state index < -0.39 is 0 Å². The van der Waals surface area contributed by atoms with Crippen molar-refractivity contribution in [3.63, 3.8) is 0 Å². The lowest BCUT2D eigenvalue weighted by atomic mass is 10.1. The van der Waals surface area contributed by atoms with Crippen LogP contribution in [0.5, 0.6) is 0 Å². The van der Waals surface area contributed by atoms with Gasteiger partial charge in [-0.3, -0.25) is 4.79 Å². The summed E-state index contributed by atoms with van der Waals surface area (Å²) in [6.45, 7) is 0. The molecule has 0 bridgehead atoms. The number of Topliss-reactive ketones (excluding diaryl/α,β-unsaturated/α-hetero) is 1. The summed E-state index contributed by atoms with van der Waals surface area (Å²) in [5.74, 6) is 0.786. The first-order valence-corrected chi connectivity index (χ1v) is 6.44. The molecule has 0 unspecified atom stereocenters. The first-order chi connectivity index (χ1) is 9.65. The van der Waals surface area contributed by atoms with Gasteiger partial charge in [0.05, 0.1) is 17.5 Å². The molecule has 2 aromatic carbocycles. The third-order valence-electron chi connectivity index (χ3n) is 3.41. The van der Waals surface area contributed by atoms with E-state index in [0.29, 0.717) is 11.3 Å². The van der Waals surface area contributed by atoms with Crippen LogP contribution in [0.25, 0.3) is 11.0 Å². The van der Waals surface area contributed by atoms with E-state index >= 15 is 0 Å². The number of hydrogen-bond acceptors (Lipinski definition) is 3. The molecule has 3 aromatic rings. The smallest absolute Gasteiger partial charge is 0.170 e. The summed E-state index contributed by atoms with van der Waals surface area (Å²) in [6, 6.07) is 14.9. The van der Waals surface area contributed by atoms with E-state index in [1.807, 2.05) is 35.9 Å². The van der Waals surface area contributed by atoms with Gasteiger partial charge in [0.25, 0.3) is 0 Å². The minimum Gasteiger partial charge on any atom is -0.399 e. The lowest BCUT2D eigenvalue weighted by Gasteiger charge is -2.03. The Morgan fingerprint density at radius 3 is 2.75 bits per heavy atom. The number of rotatable bonds is 3. The number of carbonyl (C=O) groups excluding carboxylic acids is 1. The minimum absolute atomic E-state index is 0.0238. The zero-order valence-corrected chi connectivity index (χ0v) is 11.2. The zero-order chi connectivity index (χ0) is 14.1. The molecular weight excluding hydrogens is 250 g/mol. The maximum absolute atomic E-state index is 12.3. The lowest BCUT2D eigenvalue weighted by molar-refractivity contribution is 0.0990. The average Bonchev–Trinajstić information content (AvgIpc) is 2.76. The van der Waals surface area contributed by atoms with Gasteiger partial charge in [0.15, 0.2) is 5.78 Å². The Labute approximate surface area is 116 Å². The molecular formula is C16H15N3O. The standard InChI is InChI=1S/C16H15N3O/c1-19-14-8-3-2-7-13(14)18-16(19)10-15(20)11-5-4-6-12(17)9-11/h2-9H,10,17H2,1H3. The van der Waals surface area contributed by atoms with E-state index in [2.05, 4.69) is 4.98 Å². The van der Waals surface area contributed by atoms with Crippen molar-refractivity contribution in [1.29, 1.82) is 0 Å². The Morgan fingerprint density at radius 2 is 2.00 bits per heavy atom. The predicted molar refractivity (Wildman–Crippen MR) is 79.6 cm³/mol. The summed E-state index contributed by atoms with van der Waals surface area (Å²) in [5.41, 5.74) is 8.87. The van der Waals surface area contributed by atoms with Gasteiger partial charge in [0.2, 0.25) is 0 Å². The predicted octanol–water partition coefficient (Wildman–Crippen LogP) is 2.58. The highest BCUT2D eigenvalue weighted by molar-refractivity contribution is 5.98. The van der Waals surface area contributed by atoms with Gasteiger partial charge in [-0.2, -0.15) is 0 Å². The van der Waals surface area contributed by atoms with Crippen molar-refractivity contribution in [2.75, 3.05) is 5.73 Å². The Morgan fingerprint density at radius 1 is 1.20 bits per heavy atom. The van der Waals surface area contributed by atoms with Crippen molar-refractivity contribution in [3.8, 4) is 0 Å². The van der Waals surface area contributed by atoms with Gasteiger partial charge in [-0.05, 0) is 24.3 Å². The third-order valence-corrected chi connectivity index (χ3v) is 3.41. The van der Waals surface area contributed by atoms with Gasteiger partial charge in [-0.25, -0.2) is 4.98 Å². The van der Waals surface area contributed by atoms with Crippen LogP contribution in [0.1, 0.15) is 16.2 Å². The largest absolute Gasteiger partial charge is 0.399 e. The molecule has 4 nitrogen and oxygen atoms in total. The highest BCUT2D eigenvalue weighted by Crippen LogP contribution is 2.16. The van der Waals surface area contributed by atoms with Crippen LogP contribution in [0.4, 0.5) is 5.69 Å². The van der Waals surface area contributed by atoms with Crippen LogP contribution in [0.2, 0.25) is 0 Å². The topological polar surface area (TPSA) is 60.9 Å². The van der Waals surface area contributed by atoms with Crippen molar-refractivity contribution in [2.24, 2.45) is 7.05 Å². The normalized spacial score (nSPS) is 10.8. The molecule has 3 rings (SSSR count). The summed E-state index contributed by atoms with van der Waals surface area (Å²) in [5, 5.41) is 0. The number of anilines is 1. The number of carbonyl (C=O) groups is 1. The maximum Gasteiger partial charge on any atom is 0.170 e. The van der Waals surface area contributed by atoms with Gasteiger partial charge in [-0.1, -0.05) is 24.3 Å². The number of hydrogen-bond donors (Lipinski definition) is 1. The zero-order valence-electron chi connectivity index (χ0n) is 11.2. The average molecular weight is 265 g/mol. The fraction of sp³-hybridized carbons (Fsp3) is 0.125. The van der Waals surface area contributed by atoms with Crippen LogP contribution in [0, 0.1) is 0 Å². The summed E-state index contributed by atoms with van der Waals surface area (Å²) in [7, 11) is 1.93. The van der Waals surface area contributed by atoms with Gasteiger partial charge >= 0.3 is 0 Å². The fourth-order valence-corrected chi connectivity index (χ4v) is 2.31. The third kappa shape index (κ3) is 2.16. The number of benzene rings is 2. The Bertz CT molecular complexity index is 789. The minimum atomic E-state index is 0.0238. The maximum atomic E-state index is 12.3. The van der Waals surface area contributed by atoms with E-state index in [-0.39, 0.29) is 12.2 Å².